The lowest BCUT2D eigenvalue weighted by atomic mass is 10.2. The Morgan fingerprint density at radius 1 is 1.09 bits per heavy atom. The van der Waals surface area contributed by atoms with Gasteiger partial charge in [-0.1, -0.05) is 29.8 Å². The van der Waals surface area contributed by atoms with Crippen LogP contribution in [0.5, 0.6) is 5.75 Å². The summed E-state index contributed by atoms with van der Waals surface area (Å²) < 4.78 is 44.5. The first-order valence-corrected chi connectivity index (χ1v) is 10.6. The van der Waals surface area contributed by atoms with Crippen molar-refractivity contribution in [2.45, 2.75) is 12.3 Å². The third-order valence-corrected chi connectivity index (χ3v) is 5.37. The van der Waals surface area contributed by atoms with Crippen molar-refractivity contribution in [3.63, 3.8) is 0 Å². The Bertz CT molecular complexity index is 891. The van der Waals surface area contributed by atoms with Gasteiger partial charge in [0.2, 0.25) is 5.91 Å². The van der Waals surface area contributed by atoms with Crippen LogP contribution in [0.1, 0.15) is 5.56 Å². The fourth-order valence-electron chi connectivity index (χ4n) is 3.41. The highest BCUT2D eigenvalue weighted by molar-refractivity contribution is 6.31. The quantitative estimate of drug-likeness (QED) is 0.618. The number of benzene rings is 2. The molecule has 1 atom stereocenters. The number of amides is 1. The van der Waals surface area contributed by atoms with Crippen LogP contribution in [0.2, 0.25) is 5.02 Å². The van der Waals surface area contributed by atoms with E-state index in [1.165, 1.54) is 6.07 Å². The highest BCUT2D eigenvalue weighted by atomic mass is 35.5. The molecule has 1 amide bonds. The summed E-state index contributed by atoms with van der Waals surface area (Å²) in [7, 11) is 0. The average Bonchev–Trinajstić information content (AvgIpc) is 2.75. The van der Waals surface area contributed by atoms with Crippen molar-refractivity contribution in [3.05, 3.63) is 59.1 Å². The van der Waals surface area contributed by atoms with E-state index in [0.29, 0.717) is 38.5 Å². The Kier molecular flexibility index (Phi) is 8.36. The monoisotopic (exact) mass is 471 g/mol. The molecule has 10 heteroatoms. The van der Waals surface area contributed by atoms with Gasteiger partial charge in [0.05, 0.1) is 17.1 Å². The molecule has 1 aliphatic rings. The number of β-amino-alcohol motifs (C(OH)–C–C–N with tert-alkyl or cyclic N) is 1. The van der Waals surface area contributed by atoms with Crippen LogP contribution < -0.4 is 10.1 Å². The Morgan fingerprint density at radius 3 is 2.41 bits per heavy atom. The summed E-state index contributed by atoms with van der Waals surface area (Å²) in [5.41, 5.74) is -0.938. The molecule has 2 aromatic carbocycles. The van der Waals surface area contributed by atoms with Gasteiger partial charge in [0.15, 0.2) is 0 Å². The Hall–Kier alpha value is -2.33. The van der Waals surface area contributed by atoms with E-state index in [4.69, 9.17) is 16.3 Å². The molecule has 0 saturated carbocycles. The molecule has 1 aliphatic heterocycles. The number of piperazine rings is 1. The van der Waals surface area contributed by atoms with Gasteiger partial charge in [0.1, 0.15) is 18.5 Å². The van der Waals surface area contributed by atoms with E-state index in [2.05, 4.69) is 10.2 Å². The SMILES string of the molecule is O=C(CN1CCN(CC(O)COc2ccccc2)CC1)Nc1ccc(Cl)c(C(F)(F)F)c1. The zero-order chi connectivity index (χ0) is 23.1. The number of ether oxygens (including phenoxy) is 1. The molecule has 174 valence electrons. The molecule has 6 nitrogen and oxygen atoms in total. The molecular formula is C22H25ClF3N3O3. The second kappa shape index (κ2) is 11.0. The van der Waals surface area contributed by atoms with E-state index >= 15 is 0 Å². The molecule has 0 aromatic heterocycles. The van der Waals surface area contributed by atoms with Crippen LogP contribution in [0.3, 0.4) is 0 Å². The van der Waals surface area contributed by atoms with Crippen molar-refractivity contribution >= 4 is 23.2 Å². The summed E-state index contributed by atoms with van der Waals surface area (Å²) in [6.07, 6.45) is -5.23. The van der Waals surface area contributed by atoms with Gasteiger partial charge in [-0.2, -0.15) is 13.2 Å². The van der Waals surface area contributed by atoms with Gasteiger partial charge in [-0.3, -0.25) is 14.6 Å². The summed E-state index contributed by atoms with van der Waals surface area (Å²) >= 11 is 5.60. The third kappa shape index (κ3) is 7.37. The maximum Gasteiger partial charge on any atom is 0.417 e. The van der Waals surface area contributed by atoms with Gasteiger partial charge in [0.25, 0.3) is 0 Å². The lowest BCUT2D eigenvalue weighted by molar-refractivity contribution is -0.137. The first kappa shape index (κ1) is 24.3. The lowest BCUT2D eigenvalue weighted by Crippen LogP contribution is -2.50. The molecule has 0 radical (unpaired) electrons. The molecule has 2 aromatic rings. The number of carbonyl (C=O) groups excluding carboxylic acids is 1. The average molecular weight is 472 g/mol. The number of hydrogen-bond donors (Lipinski definition) is 2. The van der Waals surface area contributed by atoms with Gasteiger partial charge in [0, 0.05) is 38.4 Å². The summed E-state index contributed by atoms with van der Waals surface area (Å²) in [6.45, 7) is 3.24. The van der Waals surface area contributed by atoms with Gasteiger partial charge in [-0.25, -0.2) is 0 Å². The van der Waals surface area contributed by atoms with Crippen molar-refractivity contribution in [2.75, 3.05) is 51.2 Å². The Morgan fingerprint density at radius 2 is 1.75 bits per heavy atom. The van der Waals surface area contributed by atoms with E-state index < -0.39 is 28.8 Å². The second-order valence-electron chi connectivity index (χ2n) is 7.60. The third-order valence-electron chi connectivity index (χ3n) is 5.04. The van der Waals surface area contributed by atoms with E-state index in [1.54, 1.807) is 0 Å². The van der Waals surface area contributed by atoms with Gasteiger partial charge >= 0.3 is 6.18 Å². The van der Waals surface area contributed by atoms with E-state index in [1.807, 2.05) is 35.2 Å². The number of nitrogens with one attached hydrogen (secondary N) is 1. The highest BCUT2D eigenvalue weighted by Crippen LogP contribution is 2.36. The fraction of sp³-hybridized carbons (Fsp3) is 0.409. The molecule has 1 saturated heterocycles. The molecule has 0 spiro atoms. The molecule has 32 heavy (non-hydrogen) atoms. The largest absolute Gasteiger partial charge is 0.491 e. The second-order valence-corrected chi connectivity index (χ2v) is 8.00. The molecule has 2 N–H and O–H groups in total. The zero-order valence-corrected chi connectivity index (χ0v) is 18.1. The maximum atomic E-state index is 13.0. The number of anilines is 1. The van der Waals surface area contributed by atoms with Crippen LogP contribution in [-0.4, -0.2) is 72.8 Å². The molecule has 1 fully saturated rings. The normalized spacial score (nSPS) is 16.5. The first-order valence-electron chi connectivity index (χ1n) is 10.2. The molecule has 3 rings (SSSR count). The Labute approximate surface area is 189 Å². The summed E-state index contributed by atoms with van der Waals surface area (Å²) in [5, 5.41) is 12.3. The minimum absolute atomic E-state index is 0.0481. The van der Waals surface area contributed by atoms with Gasteiger partial charge in [-0.05, 0) is 30.3 Å². The molecule has 0 bridgehead atoms. The van der Waals surface area contributed by atoms with Crippen LogP contribution in [0.15, 0.2) is 48.5 Å². The number of carbonyl (C=O) groups is 1. The molecule has 1 unspecified atom stereocenters. The summed E-state index contributed by atoms with van der Waals surface area (Å²) in [6, 6.07) is 12.5. The van der Waals surface area contributed by atoms with Crippen molar-refractivity contribution in [1.29, 1.82) is 0 Å². The number of nitrogens with zero attached hydrogens (tertiary/aromatic N) is 2. The topological polar surface area (TPSA) is 65.0 Å². The Balaban J connectivity index is 1.39. The number of halogens is 4. The van der Waals surface area contributed by atoms with Crippen molar-refractivity contribution < 1.29 is 27.8 Å². The number of rotatable bonds is 8. The summed E-state index contributed by atoms with van der Waals surface area (Å²) in [5.74, 6) is 0.301. The van der Waals surface area contributed by atoms with Crippen LogP contribution in [0.25, 0.3) is 0 Å². The predicted octanol–water partition coefficient (Wildman–Crippen LogP) is 3.35. The van der Waals surface area contributed by atoms with Gasteiger partial charge in [-0.15, -0.1) is 0 Å². The lowest BCUT2D eigenvalue weighted by Gasteiger charge is -2.35. The highest BCUT2D eigenvalue weighted by Gasteiger charge is 2.33. The fourth-order valence-corrected chi connectivity index (χ4v) is 3.64. The van der Waals surface area contributed by atoms with Crippen molar-refractivity contribution in [1.82, 2.24) is 9.80 Å². The zero-order valence-electron chi connectivity index (χ0n) is 17.3. The number of hydrogen-bond acceptors (Lipinski definition) is 5. The maximum absolute atomic E-state index is 13.0. The minimum Gasteiger partial charge on any atom is -0.491 e. The van der Waals surface area contributed by atoms with Crippen molar-refractivity contribution in [2.24, 2.45) is 0 Å². The minimum atomic E-state index is -4.59. The number of aliphatic hydroxyl groups excluding tert-OH is 1. The van der Waals surface area contributed by atoms with Crippen LogP contribution in [0.4, 0.5) is 18.9 Å². The van der Waals surface area contributed by atoms with E-state index in [0.717, 1.165) is 12.1 Å². The van der Waals surface area contributed by atoms with Crippen molar-refractivity contribution in [3.8, 4) is 5.75 Å². The predicted molar refractivity (Wildman–Crippen MR) is 116 cm³/mol. The number of alkyl halides is 3. The smallest absolute Gasteiger partial charge is 0.417 e. The first-order chi connectivity index (χ1) is 15.2. The summed E-state index contributed by atoms with van der Waals surface area (Å²) in [4.78, 5) is 16.3. The number of para-hydroxylation sites is 1. The molecule has 0 aliphatic carbocycles. The molecule has 1 heterocycles. The van der Waals surface area contributed by atoms with Gasteiger partial charge < -0.3 is 15.2 Å². The van der Waals surface area contributed by atoms with Crippen LogP contribution in [0, 0.1) is 0 Å². The van der Waals surface area contributed by atoms with E-state index in [9.17, 15) is 23.1 Å². The van der Waals surface area contributed by atoms with E-state index in [-0.39, 0.29) is 18.8 Å². The van der Waals surface area contributed by atoms with Crippen LogP contribution >= 0.6 is 11.6 Å². The number of aliphatic hydroxyl groups is 1. The standard InChI is InChI=1S/C22H25ClF3N3O3/c23-20-7-6-16(12-19(20)22(24,25)26)27-21(31)14-29-10-8-28(9-11-29)13-17(30)15-32-18-4-2-1-3-5-18/h1-7,12,17,30H,8-11,13-15H2,(H,27,31). The molecular weight excluding hydrogens is 447 g/mol. The van der Waals surface area contributed by atoms with Crippen LogP contribution in [-0.2, 0) is 11.0 Å².